The van der Waals surface area contributed by atoms with Crippen LogP contribution < -0.4 is 4.74 Å². The van der Waals surface area contributed by atoms with Gasteiger partial charge in [0.15, 0.2) is 0 Å². The third-order valence-corrected chi connectivity index (χ3v) is 9.24. The zero-order chi connectivity index (χ0) is 24.1. The van der Waals surface area contributed by atoms with Crippen LogP contribution in [0.3, 0.4) is 0 Å². The highest BCUT2D eigenvalue weighted by atomic mass is 19.1. The molecule has 3 aliphatic rings. The third-order valence-electron chi connectivity index (χ3n) is 9.24. The summed E-state index contributed by atoms with van der Waals surface area (Å²) in [5, 5.41) is 0. The Balaban J connectivity index is 1.26. The normalized spacial score (nSPS) is 31.9. The van der Waals surface area contributed by atoms with E-state index in [1.807, 2.05) is 19.1 Å². The Kier molecular flexibility index (Phi) is 8.82. The zero-order valence-corrected chi connectivity index (χ0v) is 21.0. The van der Waals surface area contributed by atoms with Crippen LogP contribution in [0.1, 0.15) is 96.5 Å². The van der Waals surface area contributed by atoms with Crippen molar-refractivity contribution in [3.8, 4) is 5.75 Å². The molecule has 4 heteroatoms. The first-order valence-corrected chi connectivity index (χ1v) is 13.8. The number of rotatable bonds is 7. The van der Waals surface area contributed by atoms with Crippen molar-refractivity contribution in [1.29, 1.82) is 0 Å². The lowest BCUT2D eigenvalue weighted by Gasteiger charge is -2.45. The maximum Gasteiger partial charge on any atom is 0.314 e. The Bertz CT molecular complexity index is 832. The second kappa shape index (κ2) is 11.8. The van der Waals surface area contributed by atoms with E-state index in [1.54, 1.807) is 0 Å². The summed E-state index contributed by atoms with van der Waals surface area (Å²) in [5.41, 5.74) is 0.0521. The van der Waals surface area contributed by atoms with Crippen molar-refractivity contribution in [1.82, 2.24) is 0 Å². The number of hydrogen-bond acceptors (Lipinski definition) is 2. The molecule has 0 N–H and O–H groups in total. The van der Waals surface area contributed by atoms with Gasteiger partial charge in [0.1, 0.15) is 17.4 Å². The van der Waals surface area contributed by atoms with E-state index in [4.69, 9.17) is 4.74 Å². The number of halogens is 2. The predicted molar refractivity (Wildman–Crippen MR) is 133 cm³/mol. The van der Waals surface area contributed by atoms with Crippen molar-refractivity contribution in [3.05, 3.63) is 41.5 Å². The third kappa shape index (κ3) is 6.10. The van der Waals surface area contributed by atoms with E-state index in [0.717, 1.165) is 67.4 Å². The van der Waals surface area contributed by atoms with Crippen molar-refractivity contribution in [2.75, 3.05) is 0 Å². The van der Waals surface area contributed by atoms with Crippen LogP contribution >= 0.6 is 0 Å². The molecule has 4 unspecified atom stereocenters. The summed E-state index contributed by atoms with van der Waals surface area (Å²) in [6, 6.07) is 2.31. The molecular formula is C30H42F2O2. The fourth-order valence-electron chi connectivity index (χ4n) is 7.12. The Morgan fingerprint density at radius 3 is 2.15 bits per heavy atom. The van der Waals surface area contributed by atoms with Crippen LogP contribution in [0.15, 0.2) is 24.3 Å². The largest absolute Gasteiger partial charge is 0.426 e. The van der Waals surface area contributed by atoms with E-state index in [1.165, 1.54) is 44.9 Å². The topological polar surface area (TPSA) is 26.3 Å². The number of esters is 1. The molecule has 188 valence electrons. The summed E-state index contributed by atoms with van der Waals surface area (Å²) in [5.74, 6) is 2.59. The lowest BCUT2D eigenvalue weighted by molar-refractivity contribution is -0.140. The highest BCUT2D eigenvalue weighted by molar-refractivity contribution is 5.75. The quantitative estimate of drug-likeness (QED) is 0.226. The average Bonchev–Trinajstić information content (AvgIpc) is 2.85. The summed E-state index contributed by atoms with van der Waals surface area (Å²) in [6.45, 7) is 4.22. The van der Waals surface area contributed by atoms with Gasteiger partial charge in [-0.3, -0.25) is 4.79 Å². The number of ether oxygens (including phenoxy) is 1. The molecule has 0 radical (unpaired) electrons. The number of allylic oxidation sites excluding steroid dienone is 2. The van der Waals surface area contributed by atoms with Gasteiger partial charge < -0.3 is 4.74 Å². The first-order chi connectivity index (χ1) is 16.5. The van der Waals surface area contributed by atoms with Gasteiger partial charge in [-0.2, -0.15) is 0 Å². The van der Waals surface area contributed by atoms with Crippen LogP contribution in [0.25, 0.3) is 0 Å². The van der Waals surface area contributed by atoms with Gasteiger partial charge in [-0.05, 0) is 107 Å². The molecule has 0 aromatic heterocycles. The summed E-state index contributed by atoms with van der Waals surface area (Å²) >= 11 is 0. The fourth-order valence-corrected chi connectivity index (χ4v) is 7.12. The molecule has 1 aromatic carbocycles. The zero-order valence-electron chi connectivity index (χ0n) is 21.0. The highest BCUT2D eigenvalue weighted by Gasteiger charge is 2.39. The van der Waals surface area contributed by atoms with E-state index < -0.39 is 11.6 Å². The molecule has 2 nitrogen and oxygen atoms in total. The smallest absolute Gasteiger partial charge is 0.314 e. The van der Waals surface area contributed by atoms with Crippen LogP contribution in [0.5, 0.6) is 5.75 Å². The number of fused-ring (bicyclic) bond motifs is 1. The molecule has 0 bridgehead atoms. The second-order valence-corrected chi connectivity index (χ2v) is 11.2. The van der Waals surface area contributed by atoms with E-state index in [0.29, 0.717) is 12.8 Å². The van der Waals surface area contributed by atoms with Gasteiger partial charge in [-0.25, -0.2) is 8.78 Å². The maximum absolute atomic E-state index is 14.4. The van der Waals surface area contributed by atoms with Crippen molar-refractivity contribution in [2.24, 2.45) is 35.5 Å². The summed E-state index contributed by atoms with van der Waals surface area (Å²) in [4.78, 5) is 12.7. The van der Waals surface area contributed by atoms with Gasteiger partial charge in [-0.15, -0.1) is 0 Å². The van der Waals surface area contributed by atoms with Crippen LogP contribution in [-0.2, 0) is 11.2 Å². The lowest BCUT2D eigenvalue weighted by Crippen LogP contribution is -2.35. The second-order valence-electron chi connectivity index (χ2n) is 11.2. The predicted octanol–water partition coefficient (Wildman–Crippen LogP) is 8.43. The van der Waals surface area contributed by atoms with E-state index in [9.17, 15) is 13.6 Å². The number of carbonyl (C=O) groups is 1. The van der Waals surface area contributed by atoms with Crippen LogP contribution in [0.2, 0.25) is 0 Å². The molecule has 0 aliphatic heterocycles. The Hall–Kier alpha value is -1.71. The first-order valence-electron chi connectivity index (χ1n) is 13.8. The van der Waals surface area contributed by atoms with Gasteiger partial charge in [0, 0.05) is 17.7 Å². The molecule has 3 fully saturated rings. The highest BCUT2D eigenvalue weighted by Crippen LogP contribution is 2.49. The van der Waals surface area contributed by atoms with Gasteiger partial charge in [0.05, 0.1) is 5.92 Å². The molecular weight excluding hydrogens is 430 g/mol. The van der Waals surface area contributed by atoms with Gasteiger partial charge in [-0.1, -0.05) is 31.9 Å². The monoisotopic (exact) mass is 472 g/mol. The van der Waals surface area contributed by atoms with Crippen molar-refractivity contribution in [2.45, 2.75) is 97.3 Å². The maximum atomic E-state index is 14.4. The molecule has 4 rings (SSSR count). The van der Waals surface area contributed by atoms with Gasteiger partial charge in [0.2, 0.25) is 0 Å². The van der Waals surface area contributed by atoms with Crippen LogP contribution in [0.4, 0.5) is 8.78 Å². The molecule has 0 saturated heterocycles. The number of hydrogen-bond donors (Lipinski definition) is 0. The molecule has 3 aliphatic carbocycles. The summed E-state index contributed by atoms with van der Waals surface area (Å²) in [7, 11) is 0. The minimum Gasteiger partial charge on any atom is -0.426 e. The molecule has 1 aromatic rings. The summed E-state index contributed by atoms with van der Waals surface area (Å²) in [6.07, 6.45) is 18.2. The van der Waals surface area contributed by atoms with E-state index in [-0.39, 0.29) is 23.2 Å². The van der Waals surface area contributed by atoms with E-state index >= 15 is 0 Å². The van der Waals surface area contributed by atoms with Gasteiger partial charge in [0.25, 0.3) is 0 Å². The minimum absolute atomic E-state index is 0.0158. The minimum atomic E-state index is -0.639. The Labute approximate surface area is 204 Å². The van der Waals surface area contributed by atoms with Crippen LogP contribution in [0, 0.1) is 47.1 Å². The Morgan fingerprint density at radius 2 is 1.50 bits per heavy atom. The molecule has 3 saturated carbocycles. The molecule has 0 heterocycles. The van der Waals surface area contributed by atoms with Gasteiger partial charge >= 0.3 is 5.97 Å². The van der Waals surface area contributed by atoms with Crippen LogP contribution in [-0.4, -0.2) is 5.97 Å². The SMILES string of the molecule is C/C=C/CCc1c(F)cc(OC(=O)C2CCC(C3CCC4CC(CC)CCC4C3)CC2)cc1F. The molecule has 34 heavy (non-hydrogen) atoms. The fraction of sp³-hybridized carbons (Fsp3) is 0.700. The summed E-state index contributed by atoms with van der Waals surface area (Å²) < 4.78 is 34.2. The molecule has 4 atom stereocenters. The standard InChI is InChI=1S/C30H42F2O2/c1-3-5-6-7-27-28(31)18-26(19-29(27)32)34-30(33)22-12-10-21(11-13-22)24-15-14-23-16-20(4-2)8-9-25(23)17-24/h3,5,18-25H,4,6-17H2,1-2H3/b5-3+. The van der Waals surface area contributed by atoms with Crippen molar-refractivity contribution >= 4 is 5.97 Å². The average molecular weight is 473 g/mol. The number of benzene rings is 1. The van der Waals surface area contributed by atoms with Crippen molar-refractivity contribution in [3.63, 3.8) is 0 Å². The van der Waals surface area contributed by atoms with E-state index in [2.05, 4.69) is 6.92 Å². The lowest BCUT2D eigenvalue weighted by atomic mass is 9.61. The first kappa shape index (κ1) is 25.4. The van der Waals surface area contributed by atoms with Crippen molar-refractivity contribution < 1.29 is 18.3 Å². The Morgan fingerprint density at radius 1 is 0.912 bits per heavy atom. The number of carbonyl (C=O) groups excluding carboxylic acids is 1. The molecule has 0 amide bonds. The molecule has 0 spiro atoms.